The number of rotatable bonds is 4. The van der Waals surface area contributed by atoms with Gasteiger partial charge in [-0.1, -0.05) is 30.3 Å². The van der Waals surface area contributed by atoms with Gasteiger partial charge in [-0.2, -0.15) is 4.36 Å². The number of benzene rings is 2. The summed E-state index contributed by atoms with van der Waals surface area (Å²) in [6.45, 7) is 1.41. The van der Waals surface area contributed by atoms with Crippen LogP contribution in [0.1, 0.15) is 24.5 Å². The van der Waals surface area contributed by atoms with Crippen molar-refractivity contribution in [1.82, 2.24) is 4.90 Å². The van der Waals surface area contributed by atoms with E-state index in [0.29, 0.717) is 41.1 Å². The van der Waals surface area contributed by atoms with E-state index < -0.39 is 15.8 Å². The van der Waals surface area contributed by atoms with Gasteiger partial charge in [-0.05, 0) is 24.3 Å². The molecule has 0 aromatic heterocycles. The largest absolute Gasteiger partial charge is 0.493 e. The Labute approximate surface area is 177 Å². The number of likely N-dealkylation sites (tertiary alicyclic amines) is 1. The van der Waals surface area contributed by atoms with E-state index in [1.807, 2.05) is 30.3 Å². The fraction of sp³-hybridized carbons (Fsp3) is 0.409. The predicted molar refractivity (Wildman–Crippen MR) is 117 cm³/mol. The number of ether oxygens (including phenoxy) is 2. The molecule has 1 fully saturated rings. The summed E-state index contributed by atoms with van der Waals surface area (Å²) in [6, 6.07) is 13.2. The molecule has 0 spiro atoms. The van der Waals surface area contributed by atoms with E-state index in [1.54, 1.807) is 32.6 Å². The first kappa shape index (κ1) is 20.7. The van der Waals surface area contributed by atoms with Crippen molar-refractivity contribution < 1.29 is 18.8 Å². The van der Waals surface area contributed by atoms with Crippen LogP contribution in [-0.2, 0) is 9.73 Å². The minimum absolute atomic E-state index is 0.176. The van der Waals surface area contributed by atoms with Crippen molar-refractivity contribution in [1.29, 1.82) is 0 Å². The molecule has 8 heteroatoms. The van der Waals surface area contributed by atoms with Gasteiger partial charge in [-0.3, -0.25) is 0 Å². The highest BCUT2D eigenvalue weighted by molar-refractivity contribution is 7.93. The van der Waals surface area contributed by atoms with E-state index >= 15 is 0 Å². The number of fused-ring (bicyclic) bond motifs is 1. The molecule has 7 nitrogen and oxygen atoms in total. The zero-order valence-electron chi connectivity index (χ0n) is 17.4. The summed E-state index contributed by atoms with van der Waals surface area (Å²) in [5.41, 5.74) is 1.54. The molecular weight excluding hydrogens is 402 g/mol. The van der Waals surface area contributed by atoms with Crippen LogP contribution >= 0.6 is 0 Å². The highest BCUT2D eigenvalue weighted by Gasteiger charge is 2.30. The van der Waals surface area contributed by atoms with E-state index in [2.05, 4.69) is 14.3 Å². The van der Waals surface area contributed by atoms with Gasteiger partial charge >= 0.3 is 0 Å². The molecule has 30 heavy (non-hydrogen) atoms. The van der Waals surface area contributed by atoms with Crippen molar-refractivity contribution in [3.05, 3.63) is 48.0 Å². The average molecular weight is 430 g/mol. The molecule has 0 saturated carbocycles. The lowest BCUT2D eigenvalue weighted by Crippen LogP contribution is -2.39. The first-order chi connectivity index (χ1) is 14.4. The predicted octanol–water partition coefficient (Wildman–Crippen LogP) is 3.61. The molecule has 0 amide bonds. The van der Waals surface area contributed by atoms with Gasteiger partial charge in [-0.25, -0.2) is 9.20 Å². The molecule has 2 heterocycles. The van der Waals surface area contributed by atoms with Gasteiger partial charge in [0, 0.05) is 31.5 Å². The lowest BCUT2D eigenvalue weighted by atomic mass is 9.87. The van der Waals surface area contributed by atoms with Crippen LogP contribution in [-0.4, -0.2) is 53.7 Å². The Morgan fingerprint density at radius 1 is 1.10 bits per heavy atom. The first-order valence-electron chi connectivity index (χ1n) is 9.98. The van der Waals surface area contributed by atoms with E-state index in [0.717, 1.165) is 18.4 Å². The Morgan fingerprint density at radius 3 is 2.37 bits per heavy atom. The molecule has 2 atom stereocenters. The van der Waals surface area contributed by atoms with Crippen molar-refractivity contribution >= 4 is 21.4 Å². The molecule has 1 N–H and O–H groups in total. The van der Waals surface area contributed by atoms with E-state index in [4.69, 9.17) is 9.47 Å². The van der Waals surface area contributed by atoms with Gasteiger partial charge in [0.1, 0.15) is 0 Å². The molecule has 160 valence electrons. The number of aliphatic hydroxyl groups is 1. The number of hydrogen-bond acceptors (Lipinski definition) is 7. The van der Waals surface area contributed by atoms with Crippen molar-refractivity contribution in [3.63, 3.8) is 0 Å². The summed E-state index contributed by atoms with van der Waals surface area (Å²) in [6.07, 6.45) is 2.77. The molecule has 4 rings (SSSR count). The van der Waals surface area contributed by atoms with Crippen molar-refractivity contribution in [2.45, 2.75) is 23.8 Å². The monoisotopic (exact) mass is 429 g/mol. The summed E-state index contributed by atoms with van der Waals surface area (Å²) >= 11 is 0. The van der Waals surface area contributed by atoms with Crippen molar-refractivity contribution in [2.75, 3.05) is 33.6 Å². The minimum Gasteiger partial charge on any atom is -0.493 e. The number of hydrogen-bond donors (Lipinski definition) is 1. The summed E-state index contributed by atoms with van der Waals surface area (Å²) in [7, 11) is 0.456. The second-order valence-electron chi connectivity index (χ2n) is 7.66. The molecule has 0 radical (unpaired) electrons. The number of aliphatic hydroxyl groups excluding tert-OH is 1. The standard InChI is InChI=1S/C22H27N3O4S/c1-28-18-13-17-20(14-19(18)29-2)30(3,27)24-22(23-17)25-11-9-16(10-12-25)21(26)15-7-5-4-6-8-15/h4-8,13-14,16,21,26H,9-12H2,1-3H3. The second-order valence-corrected chi connectivity index (χ2v) is 9.89. The Morgan fingerprint density at radius 2 is 1.73 bits per heavy atom. The summed E-state index contributed by atoms with van der Waals surface area (Å²) in [5.74, 6) is 1.71. The van der Waals surface area contributed by atoms with Gasteiger partial charge < -0.3 is 19.5 Å². The van der Waals surface area contributed by atoms with Gasteiger partial charge in [0.2, 0.25) is 5.96 Å². The molecule has 2 aromatic carbocycles. The van der Waals surface area contributed by atoms with Crippen LogP contribution in [0.3, 0.4) is 0 Å². The third-order valence-corrected chi connectivity index (χ3v) is 7.41. The minimum atomic E-state index is -2.65. The third-order valence-electron chi connectivity index (χ3n) is 5.76. The second kappa shape index (κ2) is 8.28. The molecule has 1 saturated heterocycles. The normalized spacial score (nSPS) is 22.5. The lowest BCUT2D eigenvalue weighted by molar-refractivity contribution is 0.0738. The number of guanidine groups is 1. The van der Waals surface area contributed by atoms with Crippen LogP contribution in [0.5, 0.6) is 11.5 Å². The van der Waals surface area contributed by atoms with E-state index in [-0.39, 0.29) is 5.92 Å². The van der Waals surface area contributed by atoms with Gasteiger partial charge in [0.05, 0.1) is 40.6 Å². The zero-order chi connectivity index (χ0) is 21.3. The van der Waals surface area contributed by atoms with Crippen LogP contribution in [0.4, 0.5) is 5.69 Å². The Hall–Kier alpha value is -2.58. The number of aliphatic imine (C=N–C) groups is 1. The van der Waals surface area contributed by atoms with Gasteiger partial charge in [-0.15, -0.1) is 0 Å². The SMILES string of the molecule is COc1cc2c(cc1OC)S(C)(=O)=NC(N1CCC(C(O)c3ccccc3)CC1)=N2. The van der Waals surface area contributed by atoms with Crippen molar-refractivity contribution in [3.8, 4) is 11.5 Å². The molecule has 0 aliphatic carbocycles. The average Bonchev–Trinajstić information content (AvgIpc) is 2.78. The molecular formula is C22H27N3O4S. The highest BCUT2D eigenvalue weighted by Crippen LogP contribution is 2.40. The van der Waals surface area contributed by atoms with Crippen LogP contribution in [0.2, 0.25) is 0 Å². The third kappa shape index (κ3) is 3.89. The fourth-order valence-electron chi connectivity index (χ4n) is 4.04. The smallest absolute Gasteiger partial charge is 0.234 e. The van der Waals surface area contributed by atoms with Crippen LogP contribution in [0.25, 0.3) is 0 Å². The van der Waals surface area contributed by atoms with Crippen LogP contribution < -0.4 is 9.47 Å². The maximum Gasteiger partial charge on any atom is 0.234 e. The molecule has 0 bridgehead atoms. The molecule has 2 aromatic rings. The molecule has 2 aliphatic rings. The number of piperidine rings is 1. The quantitative estimate of drug-likeness (QED) is 0.803. The van der Waals surface area contributed by atoms with Gasteiger partial charge in [0.25, 0.3) is 0 Å². The van der Waals surface area contributed by atoms with E-state index in [9.17, 15) is 9.32 Å². The topological polar surface area (TPSA) is 83.7 Å². The maximum atomic E-state index is 13.3. The number of methoxy groups -OCH3 is 2. The van der Waals surface area contributed by atoms with Crippen LogP contribution in [0, 0.1) is 5.92 Å². The first-order valence-corrected chi connectivity index (χ1v) is 11.9. The molecule has 2 aliphatic heterocycles. The Kier molecular flexibility index (Phi) is 5.71. The number of nitrogens with zero attached hydrogens (tertiary/aromatic N) is 3. The fourth-order valence-corrected chi connectivity index (χ4v) is 5.42. The highest BCUT2D eigenvalue weighted by atomic mass is 32.2. The molecule has 2 unspecified atom stereocenters. The Balaban J connectivity index is 1.55. The van der Waals surface area contributed by atoms with E-state index in [1.165, 1.54) is 0 Å². The van der Waals surface area contributed by atoms with Crippen molar-refractivity contribution in [2.24, 2.45) is 15.3 Å². The van der Waals surface area contributed by atoms with Gasteiger partial charge in [0.15, 0.2) is 11.5 Å². The summed E-state index contributed by atoms with van der Waals surface area (Å²) in [5, 5.41) is 10.7. The Bertz CT molecular complexity index is 1070. The summed E-state index contributed by atoms with van der Waals surface area (Å²) < 4.78 is 28.5. The van der Waals surface area contributed by atoms with Crippen LogP contribution in [0.15, 0.2) is 56.7 Å². The maximum absolute atomic E-state index is 13.3. The summed E-state index contributed by atoms with van der Waals surface area (Å²) in [4.78, 5) is 7.28. The zero-order valence-corrected chi connectivity index (χ0v) is 18.3. The lowest BCUT2D eigenvalue weighted by Gasteiger charge is -2.35.